The van der Waals surface area contributed by atoms with Gasteiger partial charge in [0.05, 0.1) is 6.04 Å². The van der Waals surface area contributed by atoms with Crippen LogP contribution in [0, 0.1) is 23.1 Å². The molecule has 4 aromatic rings. The molecule has 2 amide bonds. The Kier molecular flexibility index (Phi) is 13.2. The van der Waals surface area contributed by atoms with Crippen molar-refractivity contribution in [2.24, 2.45) is 4.99 Å². The first kappa shape index (κ1) is 35.0. The monoisotopic (exact) mass is 754 g/mol. The number of para-hydroxylation sites is 1. The molecule has 0 spiro atoms. The van der Waals surface area contributed by atoms with Crippen LogP contribution < -0.4 is 15.4 Å². The molecule has 1 heterocycles. The number of halogens is 3. The number of amides is 2. The fraction of sp³-hybridized carbons (Fsp3) is 0.265. The third-order valence-electron chi connectivity index (χ3n) is 7.29. The summed E-state index contributed by atoms with van der Waals surface area (Å²) < 4.78 is 39.6. The fourth-order valence-corrected chi connectivity index (χ4v) is 5.60. The maximum Gasteiger partial charge on any atom is 0.412 e. The molecule has 244 valence electrons. The van der Waals surface area contributed by atoms with Gasteiger partial charge in [-0.05, 0) is 72.7 Å². The summed E-state index contributed by atoms with van der Waals surface area (Å²) in [6.45, 7) is 0.115. The number of pyridine rings is 1. The maximum atomic E-state index is 14.3. The topological polar surface area (TPSA) is 129 Å². The summed E-state index contributed by atoms with van der Waals surface area (Å²) in [5, 5.41) is 15.3. The van der Waals surface area contributed by atoms with E-state index in [-0.39, 0.29) is 43.1 Å². The van der Waals surface area contributed by atoms with E-state index in [4.69, 9.17) is 14.7 Å². The zero-order valence-electron chi connectivity index (χ0n) is 25.6. The Morgan fingerprint density at radius 1 is 1.09 bits per heavy atom. The first-order valence-electron chi connectivity index (χ1n) is 14.8. The number of alkyl halides is 1. The van der Waals surface area contributed by atoms with Crippen molar-refractivity contribution in [1.82, 2.24) is 15.2 Å². The van der Waals surface area contributed by atoms with Gasteiger partial charge in [-0.3, -0.25) is 10.1 Å². The van der Waals surface area contributed by atoms with Gasteiger partial charge in [0, 0.05) is 41.6 Å². The van der Waals surface area contributed by atoms with Crippen LogP contribution in [0.3, 0.4) is 0 Å². The van der Waals surface area contributed by atoms with Crippen molar-refractivity contribution in [2.75, 3.05) is 25.5 Å². The number of aromatic nitrogens is 1. The third-order valence-corrected chi connectivity index (χ3v) is 8.05. The molecule has 0 saturated carbocycles. The fourth-order valence-electron chi connectivity index (χ4n) is 4.74. The number of nitrogens with zero attached hydrogens (tertiary/aromatic N) is 4. The zero-order valence-corrected chi connectivity index (χ0v) is 27.7. The highest BCUT2D eigenvalue weighted by molar-refractivity contribution is 14.1. The molecule has 0 fully saturated rings. The molecule has 0 aliphatic rings. The highest BCUT2D eigenvalue weighted by Crippen LogP contribution is 2.21. The van der Waals surface area contributed by atoms with Crippen molar-refractivity contribution in [2.45, 2.75) is 36.2 Å². The van der Waals surface area contributed by atoms with Crippen molar-refractivity contribution in [3.8, 4) is 11.9 Å². The van der Waals surface area contributed by atoms with Crippen molar-refractivity contribution in [1.29, 1.82) is 5.26 Å². The number of carbonyl (C=O) groups is 2. The lowest BCUT2D eigenvalue weighted by atomic mass is 10.0. The van der Waals surface area contributed by atoms with E-state index < -0.39 is 18.0 Å². The summed E-state index contributed by atoms with van der Waals surface area (Å²) in [6.07, 6.45) is 3.87. The van der Waals surface area contributed by atoms with Crippen molar-refractivity contribution in [3.05, 3.63) is 102 Å². The van der Waals surface area contributed by atoms with E-state index >= 15 is 0 Å². The second-order valence-corrected chi connectivity index (χ2v) is 11.2. The lowest BCUT2D eigenvalue weighted by Gasteiger charge is -2.28. The number of ether oxygens (including phenoxy) is 2. The maximum absolute atomic E-state index is 14.3. The Balaban J connectivity index is 1.40. The second kappa shape index (κ2) is 17.7. The SMILES string of the molecule is CN(C(=O)CCc1cccc(F)c1CI)[C@@H](CCCN=C(NC#N)Oc1ccccc1)COC(=O)Nc1cc2cc(F)ccc2cn1. The summed E-state index contributed by atoms with van der Waals surface area (Å²) in [4.78, 5) is 36.1. The average Bonchev–Trinajstić information content (AvgIpc) is 3.06. The highest BCUT2D eigenvalue weighted by Gasteiger charge is 2.22. The summed E-state index contributed by atoms with van der Waals surface area (Å²) in [5.74, 6) is -0.235. The molecule has 0 unspecified atom stereocenters. The predicted molar refractivity (Wildman–Crippen MR) is 183 cm³/mol. The van der Waals surface area contributed by atoms with Crippen LogP contribution in [0.15, 0.2) is 84.0 Å². The van der Waals surface area contributed by atoms with Gasteiger partial charge in [0.25, 0.3) is 0 Å². The number of likely N-dealkylation sites (N-methyl/N-ethyl adjacent to an activating group) is 1. The Bertz CT molecular complexity index is 1750. The van der Waals surface area contributed by atoms with E-state index in [9.17, 15) is 18.4 Å². The molecule has 1 aromatic heterocycles. The minimum Gasteiger partial charge on any atom is -0.447 e. The van der Waals surface area contributed by atoms with E-state index in [1.807, 2.05) is 12.1 Å². The number of amidine groups is 1. The lowest BCUT2D eigenvalue weighted by Crippen LogP contribution is -2.41. The molecule has 10 nitrogen and oxygen atoms in total. The number of aryl methyl sites for hydroxylation is 1. The molecule has 13 heteroatoms. The lowest BCUT2D eigenvalue weighted by molar-refractivity contribution is -0.132. The normalized spacial score (nSPS) is 11.8. The Morgan fingerprint density at radius 2 is 1.89 bits per heavy atom. The minimum atomic E-state index is -0.791. The molecule has 0 aliphatic carbocycles. The first-order chi connectivity index (χ1) is 22.8. The number of hydrogen-bond acceptors (Lipinski definition) is 7. The van der Waals surface area contributed by atoms with Gasteiger partial charge in [0.2, 0.25) is 5.91 Å². The molecule has 0 saturated heterocycles. The summed E-state index contributed by atoms with van der Waals surface area (Å²) in [7, 11) is 1.63. The van der Waals surface area contributed by atoms with Crippen LogP contribution in [0.25, 0.3) is 10.8 Å². The number of benzene rings is 3. The van der Waals surface area contributed by atoms with Gasteiger partial charge in [-0.1, -0.05) is 52.9 Å². The highest BCUT2D eigenvalue weighted by atomic mass is 127. The summed E-state index contributed by atoms with van der Waals surface area (Å²) in [6, 6.07) is 19.0. The van der Waals surface area contributed by atoms with Crippen LogP contribution in [0.2, 0.25) is 0 Å². The number of fused-ring (bicyclic) bond motifs is 1. The number of nitriles is 1. The Labute approximate surface area is 284 Å². The van der Waals surface area contributed by atoms with Crippen molar-refractivity contribution < 1.29 is 27.8 Å². The standard InChI is InChI=1S/C34H33F2IN6O4/c1-43(32(44)15-13-23-7-5-11-30(36)29(23)19-37)27(8-6-16-39-33(41-22-38)47-28-9-3-2-4-10-28)21-46-34(45)42-31-18-25-17-26(35)14-12-24(25)20-40-31/h2-5,7,9-12,14,17-18,20,27H,6,8,13,15-16,19,21H2,1H3,(H,39,41)(H,40,42,45)/t27-/m0/s1. The van der Waals surface area contributed by atoms with Crippen LogP contribution in [-0.2, 0) is 20.4 Å². The zero-order chi connectivity index (χ0) is 33.6. The molecular formula is C34H33F2IN6O4. The molecular weight excluding hydrogens is 721 g/mol. The average molecular weight is 755 g/mol. The summed E-state index contributed by atoms with van der Waals surface area (Å²) >= 11 is 2.10. The number of anilines is 1. The third kappa shape index (κ3) is 10.6. The Hall–Kier alpha value is -4.84. The van der Waals surface area contributed by atoms with E-state index in [0.29, 0.717) is 45.8 Å². The van der Waals surface area contributed by atoms with E-state index in [1.54, 1.807) is 49.6 Å². The second-order valence-electron chi connectivity index (χ2n) is 10.4. The van der Waals surface area contributed by atoms with Crippen LogP contribution in [-0.4, -0.2) is 54.1 Å². The quantitative estimate of drug-likeness (QED) is 0.0294. The van der Waals surface area contributed by atoms with Gasteiger partial charge < -0.3 is 14.4 Å². The largest absolute Gasteiger partial charge is 0.447 e. The Morgan fingerprint density at radius 3 is 2.66 bits per heavy atom. The molecule has 47 heavy (non-hydrogen) atoms. The van der Waals surface area contributed by atoms with Gasteiger partial charge >= 0.3 is 12.1 Å². The van der Waals surface area contributed by atoms with Crippen LogP contribution in [0.1, 0.15) is 30.4 Å². The molecule has 0 aliphatic heterocycles. The molecule has 0 bridgehead atoms. The number of aliphatic imine (C=N–C) groups is 1. The van der Waals surface area contributed by atoms with Crippen molar-refractivity contribution >= 4 is 57.2 Å². The first-order valence-corrected chi connectivity index (χ1v) is 16.3. The predicted octanol–water partition coefficient (Wildman–Crippen LogP) is 6.74. The van der Waals surface area contributed by atoms with E-state index in [0.717, 1.165) is 5.56 Å². The number of carbonyl (C=O) groups excluding carboxylic acids is 2. The molecule has 2 N–H and O–H groups in total. The van der Waals surface area contributed by atoms with Gasteiger partial charge in [-0.15, -0.1) is 0 Å². The summed E-state index contributed by atoms with van der Waals surface area (Å²) in [5.41, 5.74) is 1.34. The smallest absolute Gasteiger partial charge is 0.412 e. The van der Waals surface area contributed by atoms with Gasteiger partial charge in [0.15, 0.2) is 6.19 Å². The molecule has 4 rings (SSSR count). The number of nitrogens with one attached hydrogen (secondary N) is 2. The van der Waals surface area contributed by atoms with E-state index in [2.05, 4.69) is 43.2 Å². The van der Waals surface area contributed by atoms with Crippen LogP contribution in [0.4, 0.5) is 19.4 Å². The number of rotatable bonds is 13. The van der Waals surface area contributed by atoms with Gasteiger partial charge in [-0.2, -0.15) is 5.26 Å². The van der Waals surface area contributed by atoms with E-state index in [1.165, 1.54) is 35.4 Å². The molecule has 3 aromatic carbocycles. The van der Waals surface area contributed by atoms with Gasteiger partial charge in [-0.25, -0.2) is 28.9 Å². The van der Waals surface area contributed by atoms with Crippen LogP contribution in [0.5, 0.6) is 5.75 Å². The minimum absolute atomic E-state index is 0.0271. The molecule has 0 radical (unpaired) electrons. The number of hydrogen-bond donors (Lipinski definition) is 2. The molecule has 1 atom stereocenters. The van der Waals surface area contributed by atoms with Crippen LogP contribution >= 0.6 is 22.6 Å². The van der Waals surface area contributed by atoms with Crippen molar-refractivity contribution in [3.63, 3.8) is 0 Å². The van der Waals surface area contributed by atoms with Gasteiger partial charge in [0.1, 0.15) is 29.8 Å².